The average Bonchev–Trinajstić information content (AvgIpc) is 2.25. The van der Waals surface area contributed by atoms with E-state index in [2.05, 4.69) is 4.98 Å². The summed E-state index contributed by atoms with van der Waals surface area (Å²) in [5.74, 6) is -0.783. The first kappa shape index (κ1) is 11.5. The molecule has 0 aliphatic carbocycles. The molecule has 15 heavy (non-hydrogen) atoms. The minimum atomic E-state index is -0.857. The molecule has 0 aliphatic heterocycles. The second-order valence-corrected chi connectivity index (χ2v) is 3.36. The van der Waals surface area contributed by atoms with Crippen LogP contribution in [0, 0.1) is 0 Å². The van der Waals surface area contributed by atoms with E-state index in [4.69, 9.17) is 9.84 Å². The lowest BCUT2D eigenvalue weighted by Gasteiger charge is -2.08. The van der Waals surface area contributed by atoms with Crippen LogP contribution in [0.15, 0.2) is 18.5 Å². The number of hydrogen-bond donors (Lipinski definition) is 1. The van der Waals surface area contributed by atoms with Crippen LogP contribution in [-0.4, -0.2) is 22.7 Å². The van der Waals surface area contributed by atoms with E-state index in [-0.39, 0.29) is 0 Å². The number of carboxylic acids is 1. The highest BCUT2D eigenvalue weighted by molar-refractivity contribution is 5.75. The van der Waals surface area contributed by atoms with E-state index in [9.17, 15) is 4.79 Å². The molecule has 4 nitrogen and oxygen atoms in total. The number of ether oxygens (including phenoxy) is 1. The first-order valence-electron chi connectivity index (χ1n) is 4.95. The molecule has 0 radical (unpaired) electrons. The minimum absolute atomic E-state index is 0.553. The highest BCUT2D eigenvalue weighted by Crippen LogP contribution is 2.19. The predicted octanol–water partition coefficient (Wildman–Crippen LogP) is 2.06. The first-order chi connectivity index (χ1) is 7.15. The van der Waals surface area contributed by atoms with Gasteiger partial charge in [-0.3, -0.25) is 9.78 Å². The van der Waals surface area contributed by atoms with Crippen molar-refractivity contribution in [1.29, 1.82) is 0 Å². The molecule has 1 rings (SSSR count). The van der Waals surface area contributed by atoms with Gasteiger partial charge in [0.25, 0.3) is 0 Å². The lowest BCUT2D eigenvalue weighted by atomic mass is 10.0. The molecule has 1 aromatic heterocycles. The minimum Gasteiger partial charge on any atom is -0.492 e. The van der Waals surface area contributed by atoms with Crippen LogP contribution in [-0.2, 0) is 4.79 Å². The summed E-state index contributed by atoms with van der Waals surface area (Å²) in [6.45, 7) is 4.26. The lowest BCUT2D eigenvalue weighted by molar-refractivity contribution is -0.138. The van der Waals surface area contributed by atoms with Gasteiger partial charge >= 0.3 is 5.97 Å². The monoisotopic (exact) mass is 209 g/mol. The molecule has 0 spiro atoms. The van der Waals surface area contributed by atoms with Gasteiger partial charge in [-0.2, -0.15) is 0 Å². The molecule has 1 N–H and O–H groups in total. The van der Waals surface area contributed by atoms with Crippen molar-refractivity contribution in [2.45, 2.75) is 26.2 Å². The van der Waals surface area contributed by atoms with E-state index < -0.39 is 11.9 Å². The third-order valence-electron chi connectivity index (χ3n) is 2.08. The molecule has 1 heterocycles. The number of rotatable bonds is 5. The van der Waals surface area contributed by atoms with Gasteiger partial charge < -0.3 is 9.84 Å². The molecule has 0 saturated carbocycles. The standard InChI is InChI=1S/C11H15NO3/c1-3-4-15-10-5-9(6-12-7-10)8(2)11(13)14/h5-8H,3-4H2,1-2H3,(H,13,14). The molecule has 0 amide bonds. The Balaban J connectivity index is 2.77. The first-order valence-corrected chi connectivity index (χ1v) is 4.95. The summed E-state index contributed by atoms with van der Waals surface area (Å²) >= 11 is 0. The van der Waals surface area contributed by atoms with Gasteiger partial charge in [0, 0.05) is 6.20 Å². The Kier molecular flexibility index (Phi) is 4.09. The van der Waals surface area contributed by atoms with E-state index in [1.165, 1.54) is 0 Å². The molecule has 0 fully saturated rings. The maximum atomic E-state index is 10.8. The highest BCUT2D eigenvalue weighted by Gasteiger charge is 2.14. The van der Waals surface area contributed by atoms with Gasteiger partial charge in [0.15, 0.2) is 0 Å². The van der Waals surface area contributed by atoms with Crippen LogP contribution in [0.3, 0.4) is 0 Å². The number of aliphatic carboxylic acids is 1. The molecule has 0 bridgehead atoms. The van der Waals surface area contributed by atoms with Gasteiger partial charge in [0.1, 0.15) is 5.75 Å². The zero-order valence-electron chi connectivity index (χ0n) is 8.93. The topological polar surface area (TPSA) is 59.4 Å². The third kappa shape index (κ3) is 3.23. The Bertz CT molecular complexity index is 338. The summed E-state index contributed by atoms with van der Waals surface area (Å²) in [4.78, 5) is 14.7. The van der Waals surface area contributed by atoms with Gasteiger partial charge in [-0.25, -0.2) is 0 Å². The highest BCUT2D eigenvalue weighted by atomic mass is 16.5. The van der Waals surface area contributed by atoms with Crippen LogP contribution in [0.2, 0.25) is 0 Å². The van der Waals surface area contributed by atoms with Crippen LogP contribution in [0.5, 0.6) is 5.75 Å². The number of carbonyl (C=O) groups is 1. The Morgan fingerprint density at radius 2 is 2.33 bits per heavy atom. The molecule has 0 saturated heterocycles. The largest absolute Gasteiger partial charge is 0.492 e. The van der Waals surface area contributed by atoms with E-state index >= 15 is 0 Å². The van der Waals surface area contributed by atoms with Crippen molar-refractivity contribution >= 4 is 5.97 Å². The van der Waals surface area contributed by atoms with Crippen LogP contribution in [0.1, 0.15) is 31.7 Å². The molecular formula is C11H15NO3. The van der Waals surface area contributed by atoms with Crippen molar-refractivity contribution in [2.75, 3.05) is 6.61 Å². The average molecular weight is 209 g/mol. The molecule has 1 unspecified atom stereocenters. The summed E-state index contributed by atoms with van der Waals surface area (Å²) < 4.78 is 5.37. The van der Waals surface area contributed by atoms with Crippen LogP contribution in [0.4, 0.5) is 0 Å². The fraction of sp³-hybridized carbons (Fsp3) is 0.455. The van der Waals surface area contributed by atoms with E-state index in [0.29, 0.717) is 17.9 Å². The van der Waals surface area contributed by atoms with Gasteiger partial charge in [-0.1, -0.05) is 6.92 Å². The van der Waals surface area contributed by atoms with Gasteiger partial charge in [0.05, 0.1) is 18.7 Å². The van der Waals surface area contributed by atoms with Crippen molar-refractivity contribution in [3.63, 3.8) is 0 Å². The Labute approximate surface area is 88.9 Å². The van der Waals surface area contributed by atoms with Crippen molar-refractivity contribution in [3.8, 4) is 5.75 Å². The molecule has 0 aromatic carbocycles. The normalized spacial score (nSPS) is 12.1. The summed E-state index contributed by atoms with van der Waals surface area (Å²) in [5.41, 5.74) is 0.663. The molecule has 0 aliphatic rings. The van der Waals surface area contributed by atoms with E-state index in [1.54, 1.807) is 25.4 Å². The van der Waals surface area contributed by atoms with Crippen molar-refractivity contribution < 1.29 is 14.6 Å². The number of pyridine rings is 1. The van der Waals surface area contributed by atoms with E-state index in [0.717, 1.165) is 6.42 Å². The summed E-state index contributed by atoms with van der Waals surface area (Å²) in [6, 6.07) is 1.72. The SMILES string of the molecule is CCCOc1cncc(C(C)C(=O)O)c1. The van der Waals surface area contributed by atoms with Crippen molar-refractivity contribution in [3.05, 3.63) is 24.0 Å². The van der Waals surface area contributed by atoms with Gasteiger partial charge in [0.2, 0.25) is 0 Å². The maximum Gasteiger partial charge on any atom is 0.310 e. The second kappa shape index (κ2) is 5.34. The number of hydrogen-bond acceptors (Lipinski definition) is 3. The Hall–Kier alpha value is -1.58. The maximum absolute atomic E-state index is 10.8. The van der Waals surface area contributed by atoms with Crippen LogP contribution < -0.4 is 4.74 Å². The lowest BCUT2D eigenvalue weighted by Crippen LogP contribution is -2.08. The fourth-order valence-electron chi connectivity index (χ4n) is 1.11. The van der Waals surface area contributed by atoms with Crippen molar-refractivity contribution in [1.82, 2.24) is 4.98 Å². The second-order valence-electron chi connectivity index (χ2n) is 3.36. The van der Waals surface area contributed by atoms with Gasteiger partial charge in [-0.05, 0) is 25.0 Å². The van der Waals surface area contributed by atoms with E-state index in [1.807, 2.05) is 6.92 Å². The molecule has 82 valence electrons. The third-order valence-corrected chi connectivity index (χ3v) is 2.08. The molecular weight excluding hydrogens is 194 g/mol. The zero-order chi connectivity index (χ0) is 11.3. The van der Waals surface area contributed by atoms with Crippen molar-refractivity contribution in [2.24, 2.45) is 0 Å². The molecule has 1 atom stereocenters. The number of aromatic nitrogens is 1. The van der Waals surface area contributed by atoms with Gasteiger partial charge in [-0.15, -0.1) is 0 Å². The Morgan fingerprint density at radius 3 is 2.93 bits per heavy atom. The number of carboxylic acid groups (broad SMARTS) is 1. The molecule has 1 aromatic rings. The quantitative estimate of drug-likeness (QED) is 0.806. The summed E-state index contributed by atoms with van der Waals surface area (Å²) in [7, 11) is 0. The fourth-order valence-corrected chi connectivity index (χ4v) is 1.11. The smallest absolute Gasteiger partial charge is 0.310 e. The predicted molar refractivity (Wildman–Crippen MR) is 56.1 cm³/mol. The summed E-state index contributed by atoms with van der Waals surface area (Å²) in [6.07, 6.45) is 4.06. The summed E-state index contributed by atoms with van der Waals surface area (Å²) in [5, 5.41) is 8.83. The zero-order valence-corrected chi connectivity index (χ0v) is 8.93. The molecule has 4 heteroatoms. The Morgan fingerprint density at radius 1 is 1.60 bits per heavy atom. The van der Waals surface area contributed by atoms with Crippen LogP contribution in [0.25, 0.3) is 0 Å². The number of nitrogens with zero attached hydrogens (tertiary/aromatic N) is 1. The van der Waals surface area contributed by atoms with Crippen LogP contribution >= 0.6 is 0 Å².